The predicted octanol–water partition coefficient (Wildman–Crippen LogP) is -1.41. The molecule has 0 bridgehead atoms. The number of rotatable bonds is 3. The maximum Gasteiger partial charge on any atom is 0.671 e. The van der Waals surface area contributed by atoms with E-state index >= 15 is 0 Å². The molecule has 0 aromatic rings. The zero-order chi connectivity index (χ0) is 8.32. The summed E-state index contributed by atoms with van der Waals surface area (Å²) >= 11 is 0. The van der Waals surface area contributed by atoms with Gasteiger partial charge in [0.15, 0.2) is 0 Å². The van der Waals surface area contributed by atoms with Crippen molar-refractivity contribution in [1.29, 1.82) is 0 Å². The fourth-order valence-corrected chi connectivity index (χ4v) is 1.39. The Morgan fingerprint density at radius 2 is 2.18 bits per heavy atom. The molecule has 0 spiro atoms. The van der Waals surface area contributed by atoms with Crippen molar-refractivity contribution in [3.8, 4) is 0 Å². The van der Waals surface area contributed by atoms with Crippen LogP contribution in [0.25, 0.3) is 0 Å². The van der Waals surface area contributed by atoms with E-state index in [0.29, 0.717) is 6.61 Å². The fourth-order valence-electron chi connectivity index (χ4n) is 0.981. The molecule has 0 saturated carbocycles. The first-order valence-corrected chi connectivity index (χ1v) is 5.25. The van der Waals surface area contributed by atoms with Crippen LogP contribution in [0.1, 0.15) is 12.8 Å². The maximum absolute atomic E-state index is 8.45. The van der Waals surface area contributed by atoms with Crippen LogP contribution in [0.15, 0.2) is 0 Å². The summed E-state index contributed by atoms with van der Waals surface area (Å²) in [5.41, 5.74) is 0. The zero-order valence-electron chi connectivity index (χ0n) is 6.06. The van der Waals surface area contributed by atoms with Crippen LogP contribution in [0.3, 0.4) is 0 Å². The molecular weight excluding hydrogens is 168 g/mol. The minimum atomic E-state index is -4.30. The minimum absolute atomic E-state index is 0.0652. The van der Waals surface area contributed by atoms with Crippen LogP contribution in [0.5, 0.6) is 0 Å². The molecule has 3 N–H and O–H groups in total. The Balaban J connectivity index is 2.11. The number of ether oxygens (including phenoxy) is 1. The van der Waals surface area contributed by atoms with E-state index in [0.717, 1.165) is 12.8 Å². The lowest BCUT2D eigenvalue weighted by Crippen LogP contribution is -2.41. The van der Waals surface area contributed by atoms with Crippen molar-refractivity contribution in [2.45, 2.75) is 18.9 Å². The SMILES string of the molecule is O[Si](O)(O)OCC1CCCO1. The van der Waals surface area contributed by atoms with Gasteiger partial charge < -0.3 is 23.5 Å². The summed E-state index contributed by atoms with van der Waals surface area (Å²) in [5, 5.41) is 0. The Morgan fingerprint density at radius 1 is 1.45 bits per heavy atom. The fraction of sp³-hybridized carbons (Fsp3) is 1.00. The van der Waals surface area contributed by atoms with Gasteiger partial charge >= 0.3 is 9.05 Å². The van der Waals surface area contributed by atoms with Crippen molar-refractivity contribution in [2.75, 3.05) is 13.2 Å². The van der Waals surface area contributed by atoms with Crippen molar-refractivity contribution >= 4 is 9.05 Å². The van der Waals surface area contributed by atoms with Crippen molar-refractivity contribution in [1.82, 2.24) is 0 Å². The predicted molar refractivity (Wildman–Crippen MR) is 37.3 cm³/mol. The quantitative estimate of drug-likeness (QED) is 0.465. The van der Waals surface area contributed by atoms with E-state index in [1.807, 2.05) is 0 Å². The van der Waals surface area contributed by atoms with E-state index in [1.165, 1.54) is 0 Å². The molecule has 0 aromatic carbocycles. The highest BCUT2D eigenvalue weighted by Crippen LogP contribution is 2.12. The first-order valence-electron chi connectivity index (χ1n) is 3.50. The molecule has 1 atom stereocenters. The number of hydrogen-bond acceptors (Lipinski definition) is 5. The van der Waals surface area contributed by atoms with Gasteiger partial charge in [0.1, 0.15) is 0 Å². The van der Waals surface area contributed by atoms with Crippen LogP contribution < -0.4 is 0 Å². The molecule has 6 heteroatoms. The monoisotopic (exact) mass is 180 g/mol. The van der Waals surface area contributed by atoms with Crippen molar-refractivity contribution < 1.29 is 23.5 Å². The van der Waals surface area contributed by atoms with Crippen LogP contribution in [0.2, 0.25) is 0 Å². The smallest absolute Gasteiger partial charge is 0.376 e. The Labute approximate surface area is 65.7 Å². The lowest BCUT2D eigenvalue weighted by Gasteiger charge is -2.13. The van der Waals surface area contributed by atoms with Gasteiger partial charge in [-0.25, -0.2) is 0 Å². The second-order valence-electron chi connectivity index (χ2n) is 2.52. The first-order chi connectivity index (χ1) is 5.08. The molecular formula is C5H12O5Si. The molecule has 1 unspecified atom stereocenters. The topological polar surface area (TPSA) is 79.2 Å². The molecule has 0 aliphatic carbocycles. The van der Waals surface area contributed by atoms with Crippen molar-refractivity contribution in [2.24, 2.45) is 0 Å². The summed E-state index contributed by atoms with van der Waals surface area (Å²) in [4.78, 5) is 25.4. The lowest BCUT2D eigenvalue weighted by molar-refractivity contribution is 0.00597. The second kappa shape index (κ2) is 3.61. The second-order valence-corrected chi connectivity index (χ2v) is 3.96. The standard InChI is InChI=1S/C5H12O5Si/c6-11(7,8)10-4-5-2-1-3-9-5/h5-8H,1-4H2. The largest absolute Gasteiger partial charge is 0.671 e. The van der Waals surface area contributed by atoms with Crippen LogP contribution in [-0.4, -0.2) is 42.8 Å². The molecule has 1 heterocycles. The van der Waals surface area contributed by atoms with E-state index in [4.69, 9.17) is 19.1 Å². The molecule has 5 nitrogen and oxygen atoms in total. The van der Waals surface area contributed by atoms with Crippen LogP contribution in [-0.2, 0) is 9.16 Å². The third-order valence-electron chi connectivity index (χ3n) is 1.49. The third-order valence-corrected chi connectivity index (χ3v) is 2.04. The van der Waals surface area contributed by atoms with Crippen LogP contribution in [0.4, 0.5) is 0 Å². The molecule has 1 fully saturated rings. The molecule has 1 aliphatic heterocycles. The van der Waals surface area contributed by atoms with Gasteiger partial charge in [-0.1, -0.05) is 0 Å². The molecule has 11 heavy (non-hydrogen) atoms. The normalized spacial score (nSPS) is 25.9. The highest BCUT2D eigenvalue weighted by Gasteiger charge is 2.32. The molecule has 0 aromatic heterocycles. The molecule has 1 aliphatic rings. The number of hydrogen-bond donors (Lipinski definition) is 3. The van der Waals surface area contributed by atoms with E-state index in [1.54, 1.807) is 0 Å². The first kappa shape index (κ1) is 9.11. The Kier molecular flexibility index (Phi) is 2.99. The third kappa shape index (κ3) is 3.80. The van der Waals surface area contributed by atoms with E-state index in [-0.39, 0.29) is 12.7 Å². The summed E-state index contributed by atoms with van der Waals surface area (Å²) in [5.74, 6) is 0. The summed E-state index contributed by atoms with van der Waals surface area (Å²) in [7, 11) is -4.30. The minimum Gasteiger partial charge on any atom is -0.376 e. The van der Waals surface area contributed by atoms with Gasteiger partial charge in [-0.3, -0.25) is 0 Å². The average Bonchev–Trinajstić information content (AvgIpc) is 2.32. The van der Waals surface area contributed by atoms with E-state index in [9.17, 15) is 0 Å². The lowest BCUT2D eigenvalue weighted by atomic mass is 10.2. The molecule has 1 rings (SSSR count). The Morgan fingerprint density at radius 3 is 2.64 bits per heavy atom. The molecule has 66 valence electrons. The summed E-state index contributed by atoms with van der Waals surface area (Å²) in [6.45, 7) is 0.751. The average molecular weight is 180 g/mol. The van der Waals surface area contributed by atoms with E-state index in [2.05, 4.69) is 4.43 Å². The van der Waals surface area contributed by atoms with Gasteiger partial charge in [-0.15, -0.1) is 0 Å². The molecule has 0 amide bonds. The summed E-state index contributed by atoms with van der Waals surface area (Å²) in [6.07, 6.45) is 1.73. The molecule has 1 saturated heterocycles. The summed E-state index contributed by atoms with van der Waals surface area (Å²) in [6, 6.07) is 0. The van der Waals surface area contributed by atoms with Crippen molar-refractivity contribution in [3.63, 3.8) is 0 Å². The van der Waals surface area contributed by atoms with Gasteiger partial charge in [0.25, 0.3) is 0 Å². The van der Waals surface area contributed by atoms with E-state index < -0.39 is 9.05 Å². The van der Waals surface area contributed by atoms with Gasteiger partial charge in [0.05, 0.1) is 12.7 Å². The molecule has 0 radical (unpaired) electrons. The highest BCUT2D eigenvalue weighted by atomic mass is 28.4. The Hall–Kier alpha value is 0.0169. The van der Waals surface area contributed by atoms with Gasteiger partial charge in [-0.2, -0.15) is 0 Å². The summed E-state index contributed by atoms with van der Waals surface area (Å²) < 4.78 is 9.51. The van der Waals surface area contributed by atoms with Gasteiger partial charge in [0.2, 0.25) is 0 Å². The maximum atomic E-state index is 8.45. The van der Waals surface area contributed by atoms with Gasteiger partial charge in [0, 0.05) is 6.61 Å². The van der Waals surface area contributed by atoms with Crippen LogP contribution in [0, 0.1) is 0 Å². The van der Waals surface area contributed by atoms with Crippen molar-refractivity contribution in [3.05, 3.63) is 0 Å². The van der Waals surface area contributed by atoms with Crippen LogP contribution >= 0.6 is 0 Å². The zero-order valence-corrected chi connectivity index (χ0v) is 7.06. The Bertz CT molecular complexity index is 117. The highest BCUT2D eigenvalue weighted by molar-refractivity contribution is 6.48. The van der Waals surface area contributed by atoms with Gasteiger partial charge in [-0.05, 0) is 12.8 Å².